The van der Waals surface area contributed by atoms with E-state index in [0.29, 0.717) is 12.3 Å². The number of likely N-dealkylation sites (tertiary alicyclic amines) is 1. The summed E-state index contributed by atoms with van der Waals surface area (Å²) in [6.07, 6.45) is 0.921. The molecule has 1 unspecified atom stereocenters. The predicted molar refractivity (Wildman–Crippen MR) is 104 cm³/mol. The fraction of sp³-hybridized carbons (Fsp3) is 0.381. The topological polar surface area (TPSA) is 62.2 Å². The molecule has 1 aliphatic heterocycles. The second-order valence-corrected chi connectivity index (χ2v) is 6.69. The van der Waals surface area contributed by atoms with Crippen LogP contribution in [0, 0.1) is 0 Å². The standard InChI is InChI=1S/C21H26N2O4/c1-22(17-4-3-5-20(12-17)26-2)18-10-11-23(13-18)21(25)15-27-19-8-6-16(14-24)7-9-19/h3-9,12,18,24H,10-11,13-15H2,1-2H3. The van der Waals surface area contributed by atoms with E-state index in [4.69, 9.17) is 14.6 Å². The van der Waals surface area contributed by atoms with E-state index < -0.39 is 0 Å². The van der Waals surface area contributed by atoms with Gasteiger partial charge in [0, 0.05) is 37.9 Å². The lowest BCUT2D eigenvalue weighted by Gasteiger charge is -2.27. The zero-order valence-electron chi connectivity index (χ0n) is 15.8. The number of hydrogen-bond donors (Lipinski definition) is 1. The Morgan fingerprint density at radius 3 is 2.70 bits per heavy atom. The number of methoxy groups -OCH3 is 1. The van der Waals surface area contributed by atoms with Crippen molar-refractivity contribution >= 4 is 11.6 Å². The van der Waals surface area contributed by atoms with Crippen LogP contribution in [-0.2, 0) is 11.4 Å². The molecule has 6 heteroatoms. The Morgan fingerprint density at radius 2 is 2.00 bits per heavy atom. The summed E-state index contributed by atoms with van der Waals surface area (Å²) >= 11 is 0. The van der Waals surface area contributed by atoms with E-state index in [-0.39, 0.29) is 25.2 Å². The van der Waals surface area contributed by atoms with Crippen LogP contribution < -0.4 is 14.4 Å². The number of benzene rings is 2. The van der Waals surface area contributed by atoms with Crippen LogP contribution in [0.15, 0.2) is 48.5 Å². The SMILES string of the molecule is COc1cccc(N(C)C2CCN(C(=O)COc3ccc(CO)cc3)C2)c1. The summed E-state index contributed by atoms with van der Waals surface area (Å²) in [6, 6.07) is 15.3. The Labute approximate surface area is 159 Å². The second-order valence-electron chi connectivity index (χ2n) is 6.69. The summed E-state index contributed by atoms with van der Waals surface area (Å²) in [5, 5.41) is 9.06. The van der Waals surface area contributed by atoms with Gasteiger partial charge in [0.2, 0.25) is 0 Å². The van der Waals surface area contributed by atoms with Crippen molar-refractivity contribution in [1.29, 1.82) is 0 Å². The van der Waals surface area contributed by atoms with Crippen LogP contribution in [0.4, 0.5) is 5.69 Å². The van der Waals surface area contributed by atoms with Crippen molar-refractivity contribution in [2.24, 2.45) is 0 Å². The van der Waals surface area contributed by atoms with Crippen LogP contribution in [0.25, 0.3) is 0 Å². The molecule has 3 rings (SSSR count). The van der Waals surface area contributed by atoms with Gasteiger partial charge in [-0.15, -0.1) is 0 Å². The fourth-order valence-corrected chi connectivity index (χ4v) is 3.25. The van der Waals surface area contributed by atoms with E-state index in [1.807, 2.05) is 36.2 Å². The highest BCUT2D eigenvalue weighted by Gasteiger charge is 2.29. The van der Waals surface area contributed by atoms with Gasteiger partial charge in [-0.25, -0.2) is 0 Å². The van der Waals surface area contributed by atoms with Crippen LogP contribution in [0.5, 0.6) is 11.5 Å². The number of aliphatic hydroxyl groups is 1. The van der Waals surface area contributed by atoms with Gasteiger partial charge in [0.1, 0.15) is 11.5 Å². The summed E-state index contributed by atoms with van der Waals surface area (Å²) in [4.78, 5) is 16.5. The monoisotopic (exact) mass is 370 g/mol. The van der Waals surface area contributed by atoms with Crippen molar-refractivity contribution in [3.63, 3.8) is 0 Å². The number of aliphatic hydroxyl groups excluding tert-OH is 1. The average molecular weight is 370 g/mol. The largest absolute Gasteiger partial charge is 0.497 e. The van der Waals surface area contributed by atoms with Gasteiger partial charge < -0.3 is 24.4 Å². The number of ether oxygens (including phenoxy) is 2. The quantitative estimate of drug-likeness (QED) is 0.810. The molecule has 1 aliphatic rings. The first kappa shape index (κ1) is 19.0. The molecule has 27 heavy (non-hydrogen) atoms. The van der Waals surface area contributed by atoms with Gasteiger partial charge in [0.15, 0.2) is 6.61 Å². The molecule has 1 N–H and O–H groups in total. The molecular formula is C21H26N2O4. The first-order valence-corrected chi connectivity index (χ1v) is 9.08. The maximum Gasteiger partial charge on any atom is 0.260 e. The van der Waals surface area contributed by atoms with Gasteiger partial charge in [-0.05, 0) is 36.2 Å². The minimum absolute atomic E-state index is 0.00478. The number of nitrogens with zero attached hydrogens (tertiary/aromatic N) is 2. The van der Waals surface area contributed by atoms with Crippen molar-refractivity contribution in [1.82, 2.24) is 4.90 Å². The molecule has 6 nitrogen and oxygen atoms in total. The molecule has 1 fully saturated rings. The maximum atomic E-state index is 12.5. The second kappa shape index (κ2) is 8.77. The molecule has 0 spiro atoms. The minimum Gasteiger partial charge on any atom is -0.497 e. The summed E-state index contributed by atoms with van der Waals surface area (Å²) in [7, 11) is 3.71. The molecule has 1 atom stereocenters. The lowest BCUT2D eigenvalue weighted by molar-refractivity contribution is -0.132. The number of rotatable bonds is 7. The van der Waals surface area contributed by atoms with Gasteiger partial charge in [0.05, 0.1) is 13.7 Å². The molecule has 0 aliphatic carbocycles. The minimum atomic E-state index is -0.0113. The Kier molecular flexibility index (Phi) is 6.19. The summed E-state index contributed by atoms with van der Waals surface area (Å²) in [5.74, 6) is 1.44. The number of carbonyl (C=O) groups excluding carboxylic acids is 1. The zero-order chi connectivity index (χ0) is 19.2. The van der Waals surface area contributed by atoms with Gasteiger partial charge in [-0.2, -0.15) is 0 Å². The van der Waals surface area contributed by atoms with Crippen LogP contribution in [0.1, 0.15) is 12.0 Å². The number of likely N-dealkylation sites (N-methyl/N-ethyl adjacent to an activating group) is 1. The van der Waals surface area contributed by atoms with Crippen molar-refractivity contribution in [3.05, 3.63) is 54.1 Å². The number of anilines is 1. The first-order chi connectivity index (χ1) is 13.1. The van der Waals surface area contributed by atoms with Crippen LogP contribution >= 0.6 is 0 Å². The van der Waals surface area contributed by atoms with Gasteiger partial charge >= 0.3 is 0 Å². The lowest BCUT2D eigenvalue weighted by atomic mass is 10.2. The Balaban J connectivity index is 1.52. The van der Waals surface area contributed by atoms with Gasteiger partial charge in [-0.1, -0.05) is 18.2 Å². The molecule has 0 radical (unpaired) electrons. The van der Waals surface area contributed by atoms with Crippen molar-refractivity contribution < 1.29 is 19.4 Å². The third-order valence-electron chi connectivity index (χ3n) is 4.99. The number of hydrogen-bond acceptors (Lipinski definition) is 5. The van der Waals surface area contributed by atoms with E-state index in [1.165, 1.54) is 0 Å². The van der Waals surface area contributed by atoms with E-state index >= 15 is 0 Å². The summed E-state index contributed by atoms with van der Waals surface area (Å²) in [5.41, 5.74) is 1.89. The Morgan fingerprint density at radius 1 is 1.22 bits per heavy atom. The lowest BCUT2D eigenvalue weighted by Crippen LogP contribution is -2.38. The molecule has 2 aromatic rings. The molecule has 144 valence electrons. The number of carbonyl (C=O) groups is 1. The molecule has 1 saturated heterocycles. The molecule has 1 amide bonds. The maximum absolute atomic E-state index is 12.5. The van der Waals surface area contributed by atoms with E-state index in [9.17, 15) is 4.79 Å². The molecule has 0 aromatic heterocycles. The predicted octanol–water partition coefficient (Wildman–Crippen LogP) is 2.30. The third kappa shape index (κ3) is 4.71. The third-order valence-corrected chi connectivity index (χ3v) is 4.99. The van der Waals surface area contributed by atoms with E-state index in [0.717, 1.165) is 30.0 Å². The Hall–Kier alpha value is -2.73. The van der Waals surface area contributed by atoms with Crippen molar-refractivity contribution in [3.8, 4) is 11.5 Å². The van der Waals surface area contributed by atoms with Crippen LogP contribution in [0.2, 0.25) is 0 Å². The molecule has 2 aromatic carbocycles. The Bertz CT molecular complexity index is 763. The van der Waals surface area contributed by atoms with Gasteiger partial charge in [-0.3, -0.25) is 4.79 Å². The molecule has 0 saturated carbocycles. The fourth-order valence-electron chi connectivity index (χ4n) is 3.25. The molecule has 0 bridgehead atoms. The molecular weight excluding hydrogens is 344 g/mol. The summed E-state index contributed by atoms with van der Waals surface area (Å²) in [6.45, 7) is 1.42. The van der Waals surface area contributed by atoms with Crippen LogP contribution in [-0.4, -0.2) is 55.8 Å². The van der Waals surface area contributed by atoms with Gasteiger partial charge in [0.25, 0.3) is 5.91 Å². The smallest absolute Gasteiger partial charge is 0.260 e. The highest BCUT2D eigenvalue weighted by molar-refractivity contribution is 5.78. The van der Waals surface area contributed by atoms with Crippen molar-refractivity contribution in [2.45, 2.75) is 19.1 Å². The highest BCUT2D eigenvalue weighted by atomic mass is 16.5. The van der Waals surface area contributed by atoms with E-state index in [1.54, 1.807) is 31.4 Å². The first-order valence-electron chi connectivity index (χ1n) is 9.08. The van der Waals surface area contributed by atoms with Crippen LogP contribution in [0.3, 0.4) is 0 Å². The van der Waals surface area contributed by atoms with E-state index in [2.05, 4.69) is 4.90 Å². The summed E-state index contributed by atoms with van der Waals surface area (Å²) < 4.78 is 10.9. The normalized spacial score (nSPS) is 16.3. The average Bonchev–Trinajstić information content (AvgIpc) is 3.22. The zero-order valence-corrected chi connectivity index (χ0v) is 15.8. The highest BCUT2D eigenvalue weighted by Crippen LogP contribution is 2.25. The number of amides is 1. The van der Waals surface area contributed by atoms with Crippen molar-refractivity contribution in [2.75, 3.05) is 38.8 Å². The molecule has 1 heterocycles.